The van der Waals surface area contributed by atoms with Crippen LogP contribution in [0.2, 0.25) is 0 Å². The lowest BCUT2D eigenvalue weighted by atomic mass is 10.0. The van der Waals surface area contributed by atoms with Gasteiger partial charge in [-0.15, -0.1) is 0 Å². The van der Waals surface area contributed by atoms with Gasteiger partial charge in [-0.25, -0.2) is 0 Å². The predicted molar refractivity (Wildman–Crippen MR) is 128 cm³/mol. The molecule has 0 aromatic heterocycles. The minimum Gasteiger partial charge on any atom is -0.457 e. The van der Waals surface area contributed by atoms with Crippen molar-refractivity contribution in [3.8, 4) is 11.5 Å². The maximum Gasteiger partial charge on any atom is 0.239 e. The highest BCUT2D eigenvalue weighted by Crippen LogP contribution is 2.24. The Bertz CT molecular complexity index is 965. The minimum absolute atomic E-state index is 0.0309. The normalized spacial score (nSPS) is 22.1. The predicted octanol–water partition coefficient (Wildman–Crippen LogP) is 2.00. The molecule has 3 heterocycles. The second-order valence-corrected chi connectivity index (χ2v) is 8.80. The number of aliphatic hydroxyl groups excluding tert-OH is 1. The Morgan fingerprint density at radius 1 is 1.03 bits per heavy atom. The van der Waals surface area contributed by atoms with E-state index in [9.17, 15) is 14.7 Å². The van der Waals surface area contributed by atoms with Crippen molar-refractivity contribution in [2.24, 2.45) is 0 Å². The van der Waals surface area contributed by atoms with Crippen molar-refractivity contribution in [1.82, 2.24) is 15.5 Å². The third kappa shape index (κ3) is 6.79. The Morgan fingerprint density at radius 3 is 2.71 bits per heavy atom. The third-order valence-electron chi connectivity index (χ3n) is 6.19. The number of carbonyl (C=O) groups is 2. The number of aliphatic hydroxyl groups is 1. The van der Waals surface area contributed by atoms with Crippen molar-refractivity contribution >= 4 is 11.8 Å². The first-order valence-corrected chi connectivity index (χ1v) is 12.0. The molecule has 2 aromatic carbocycles. The van der Waals surface area contributed by atoms with E-state index in [2.05, 4.69) is 10.6 Å². The number of hydrogen-bond donors (Lipinski definition) is 3. The lowest BCUT2D eigenvalue weighted by Gasteiger charge is -2.33. The average Bonchev–Trinajstić information content (AvgIpc) is 2.85. The first-order chi connectivity index (χ1) is 16.6. The van der Waals surface area contributed by atoms with Gasteiger partial charge in [0.2, 0.25) is 11.8 Å². The van der Waals surface area contributed by atoms with Gasteiger partial charge in [-0.1, -0.05) is 24.3 Å². The molecule has 0 saturated carbocycles. The van der Waals surface area contributed by atoms with Crippen LogP contribution in [0.4, 0.5) is 0 Å². The van der Waals surface area contributed by atoms with Gasteiger partial charge < -0.3 is 30.1 Å². The van der Waals surface area contributed by atoms with Gasteiger partial charge in [0, 0.05) is 26.1 Å². The van der Waals surface area contributed by atoms with E-state index in [1.165, 1.54) is 4.90 Å². The van der Waals surface area contributed by atoms with E-state index in [4.69, 9.17) is 9.47 Å². The van der Waals surface area contributed by atoms with Gasteiger partial charge in [-0.2, -0.15) is 0 Å². The zero-order valence-electron chi connectivity index (χ0n) is 19.4. The zero-order valence-corrected chi connectivity index (χ0v) is 19.4. The smallest absolute Gasteiger partial charge is 0.239 e. The number of benzene rings is 2. The van der Waals surface area contributed by atoms with Gasteiger partial charge in [-0.05, 0) is 61.2 Å². The Kier molecular flexibility index (Phi) is 8.51. The molecule has 3 aliphatic rings. The monoisotopic (exact) mass is 467 g/mol. The maximum absolute atomic E-state index is 12.9. The lowest BCUT2D eigenvalue weighted by molar-refractivity contribution is -0.137. The number of rotatable bonds is 3. The molecule has 5 rings (SSSR count). The van der Waals surface area contributed by atoms with Crippen LogP contribution in [0.5, 0.6) is 11.5 Å². The third-order valence-corrected chi connectivity index (χ3v) is 6.19. The second-order valence-electron chi connectivity index (χ2n) is 8.80. The summed E-state index contributed by atoms with van der Waals surface area (Å²) in [7, 11) is 0. The largest absolute Gasteiger partial charge is 0.457 e. The van der Waals surface area contributed by atoms with Gasteiger partial charge >= 0.3 is 0 Å². The second kappa shape index (κ2) is 12.0. The molecule has 3 N–H and O–H groups in total. The highest BCUT2D eigenvalue weighted by Gasteiger charge is 2.28. The molecule has 8 nitrogen and oxygen atoms in total. The molecule has 0 radical (unpaired) electrons. The van der Waals surface area contributed by atoms with Crippen molar-refractivity contribution in [2.45, 2.75) is 44.4 Å². The summed E-state index contributed by atoms with van der Waals surface area (Å²) in [5.41, 5.74) is 2.01. The fraction of sp³-hybridized carbons (Fsp3) is 0.462. The molecule has 4 bridgehead atoms. The van der Waals surface area contributed by atoms with Crippen LogP contribution in [-0.2, 0) is 27.4 Å². The fourth-order valence-corrected chi connectivity index (χ4v) is 4.33. The molecule has 0 spiro atoms. The fourth-order valence-electron chi connectivity index (χ4n) is 4.33. The Labute approximate surface area is 200 Å². The number of hydrogen-bond acceptors (Lipinski definition) is 6. The average molecular weight is 468 g/mol. The lowest BCUT2D eigenvalue weighted by Crippen LogP contribution is -2.56. The van der Waals surface area contributed by atoms with E-state index in [1.807, 2.05) is 48.5 Å². The quantitative estimate of drug-likeness (QED) is 0.639. The standard InChI is InChI=1S/C26H33N3O5/c30-14-2-13-29-17-25(31)28-23-16-27-12-11-24(23)33-18-20-3-1-4-22(15-20)34-21-8-5-19(6-9-21)7-10-26(29)32/h1,3-6,8-9,15,23-24,27,30H,2,7,10-14,16-18H2,(H,28,31)/t23-,24-/m0/s1. The van der Waals surface area contributed by atoms with Crippen molar-refractivity contribution < 1.29 is 24.2 Å². The van der Waals surface area contributed by atoms with Crippen molar-refractivity contribution in [1.29, 1.82) is 0 Å². The van der Waals surface area contributed by atoms with Crippen LogP contribution in [0, 0.1) is 0 Å². The van der Waals surface area contributed by atoms with Gasteiger partial charge in [0.1, 0.15) is 11.5 Å². The maximum atomic E-state index is 12.9. The Morgan fingerprint density at radius 2 is 1.88 bits per heavy atom. The van der Waals surface area contributed by atoms with E-state index in [0.717, 1.165) is 35.6 Å². The topological polar surface area (TPSA) is 100 Å². The van der Waals surface area contributed by atoms with Gasteiger partial charge in [0.25, 0.3) is 0 Å². The van der Waals surface area contributed by atoms with Crippen LogP contribution in [0.1, 0.15) is 30.4 Å². The van der Waals surface area contributed by atoms with Crippen molar-refractivity contribution in [3.05, 3.63) is 59.7 Å². The Hall–Kier alpha value is -2.94. The van der Waals surface area contributed by atoms with Crippen molar-refractivity contribution in [3.63, 3.8) is 0 Å². The number of nitrogens with one attached hydrogen (secondary N) is 2. The van der Waals surface area contributed by atoms with E-state index in [1.54, 1.807) is 0 Å². The Balaban J connectivity index is 1.55. The van der Waals surface area contributed by atoms with E-state index in [0.29, 0.717) is 32.5 Å². The van der Waals surface area contributed by atoms with Crippen LogP contribution >= 0.6 is 0 Å². The van der Waals surface area contributed by atoms with Gasteiger partial charge in [-0.3, -0.25) is 9.59 Å². The molecule has 1 saturated heterocycles. The molecule has 182 valence electrons. The number of aryl methyl sites for hydroxylation is 1. The first-order valence-electron chi connectivity index (χ1n) is 12.0. The SMILES string of the molecule is O=C1CN(CCCO)C(=O)CCc2ccc(cc2)Oc2cccc(c2)CO[C@H]2CCNC[C@@H]2N1. The molecule has 8 heteroatoms. The molecule has 2 aromatic rings. The number of carbonyl (C=O) groups excluding carboxylic acids is 2. The van der Waals surface area contributed by atoms with E-state index in [-0.39, 0.29) is 43.5 Å². The van der Waals surface area contributed by atoms with Crippen LogP contribution in [0.15, 0.2) is 48.5 Å². The van der Waals surface area contributed by atoms with Crippen molar-refractivity contribution in [2.75, 3.05) is 32.8 Å². The first kappa shape index (κ1) is 24.2. The molecule has 2 atom stereocenters. The molecular formula is C26H33N3O5. The van der Waals surface area contributed by atoms with Crippen LogP contribution in [-0.4, -0.2) is 66.8 Å². The van der Waals surface area contributed by atoms with E-state index < -0.39 is 0 Å². The highest BCUT2D eigenvalue weighted by atomic mass is 16.5. The molecule has 3 aliphatic heterocycles. The van der Waals surface area contributed by atoms with Gasteiger partial charge in [0.05, 0.1) is 25.3 Å². The van der Waals surface area contributed by atoms with Crippen LogP contribution in [0.3, 0.4) is 0 Å². The zero-order chi connectivity index (χ0) is 23.8. The number of piperidine rings is 1. The number of ether oxygens (including phenoxy) is 2. The summed E-state index contributed by atoms with van der Waals surface area (Å²) in [4.78, 5) is 27.3. The molecule has 0 aliphatic carbocycles. The summed E-state index contributed by atoms with van der Waals surface area (Å²) < 4.78 is 12.2. The molecular weight excluding hydrogens is 434 g/mol. The number of fused-ring (bicyclic) bond motifs is 9. The highest BCUT2D eigenvalue weighted by molar-refractivity contribution is 5.85. The molecule has 0 unspecified atom stereocenters. The number of amides is 2. The van der Waals surface area contributed by atoms with Gasteiger partial charge in [0.15, 0.2) is 0 Å². The van der Waals surface area contributed by atoms with Crippen LogP contribution in [0.25, 0.3) is 0 Å². The summed E-state index contributed by atoms with van der Waals surface area (Å²) in [5, 5.41) is 15.6. The van der Waals surface area contributed by atoms with Crippen LogP contribution < -0.4 is 15.4 Å². The summed E-state index contributed by atoms with van der Waals surface area (Å²) in [6.45, 7) is 2.12. The van der Waals surface area contributed by atoms with E-state index >= 15 is 0 Å². The molecule has 1 fully saturated rings. The summed E-state index contributed by atoms with van der Waals surface area (Å²) in [6.07, 6.45) is 1.93. The summed E-state index contributed by atoms with van der Waals surface area (Å²) in [6, 6.07) is 15.3. The summed E-state index contributed by atoms with van der Waals surface area (Å²) >= 11 is 0. The summed E-state index contributed by atoms with van der Waals surface area (Å²) in [5.74, 6) is 1.14. The molecule has 34 heavy (non-hydrogen) atoms. The number of nitrogens with zero attached hydrogens (tertiary/aromatic N) is 1. The minimum atomic E-state index is -0.216. The molecule has 2 amide bonds.